The summed E-state index contributed by atoms with van der Waals surface area (Å²) < 4.78 is 18.2. The Balaban J connectivity index is 2.81. The molecule has 0 aliphatic rings. The van der Waals surface area contributed by atoms with Gasteiger partial charge in [0.25, 0.3) is 0 Å². The van der Waals surface area contributed by atoms with Crippen molar-refractivity contribution in [3.63, 3.8) is 0 Å². The molecule has 1 aromatic carbocycles. The van der Waals surface area contributed by atoms with E-state index in [1.165, 1.54) is 12.1 Å². The van der Waals surface area contributed by atoms with Crippen molar-refractivity contribution in [2.75, 3.05) is 24.8 Å². The summed E-state index contributed by atoms with van der Waals surface area (Å²) in [6, 6.07) is 2.87. The van der Waals surface area contributed by atoms with Gasteiger partial charge in [0.05, 0.1) is 23.0 Å². The molecule has 0 saturated heterocycles. The molecule has 96 valence electrons. The monoisotopic (exact) mass is 260 g/mol. The van der Waals surface area contributed by atoms with Gasteiger partial charge in [-0.2, -0.15) is 0 Å². The number of hydrogen-bond donors (Lipinski definition) is 2. The largest absolute Gasteiger partial charge is 0.397 e. The molecular formula is C12H18ClFN2O. The molecule has 0 heterocycles. The van der Waals surface area contributed by atoms with Crippen molar-refractivity contribution in [3.05, 3.63) is 23.0 Å². The van der Waals surface area contributed by atoms with Crippen LogP contribution in [0.5, 0.6) is 0 Å². The van der Waals surface area contributed by atoms with Gasteiger partial charge in [0.2, 0.25) is 0 Å². The summed E-state index contributed by atoms with van der Waals surface area (Å²) in [7, 11) is 1.64. The van der Waals surface area contributed by atoms with E-state index in [-0.39, 0.29) is 11.1 Å². The first-order valence-corrected chi connectivity index (χ1v) is 5.96. The minimum Gasteiger partial charge on any atom is -0.397 e. The van der Waals surface area contributed by atoms with Gasteiger partial charge in [0.15, 0.2) is 0 Å². The molecule has 0 saturated carbocycles. The first kappa shape index (κ1) is 14.1. The van der Waals surface area contributed by atoms with Gasteiger partial charge in [-0.05, 0) is 12.5 Å². The number of anilines is 2. The quantitative estimate of drug-likeness (QED) is 0.772. The van der Waals surface area contributed by atoms with Crippen LogP contribution in [0.3, 0.4) is 0 Å². The van der Waals surface area contributed by atoms with E-state index in [1.54, 1.807) is 7.11 Å². The van der Waals surface area contributed by atoms with Crippen LogP contribution in [0.1, 0.15) is 19.8 Å². The Hall–Kier alpha value is -1.00. The molecule has 1 unspecified atom stereocenters. The average molecular weight is 261 g/mol. The van der Waals surface area contributed by atoms with Crippen molar-refractivity contribution in [1.82, 2.24) is 0 Å². The molecule has 0 aromatic heterocycles. The topological polar surface area (TPSA) is 47.3 Å². The third kappa shape index (κ3) is 4.06. The highest BCUT2D eigenvalue weighted by molar-refractivity contribution is 6.31. The van der Waals surface area contributed by atoms with Crippen LogP contribution in [-0.2, 0) is 4.74 Å². The lowest BCUT2D eigenvalue weighted by molar-refractivity contribution is 0.182. The molecule has 3 nitrogen and oxygen atoms in total. The zero-order valence-electron chi connectivity index (χ0n) is 10.1. The van der Waals surface area contributed by atoms with E-state index in [1.807, 2.05) is 0 Å². The Kier molecular flexibility index (Phi) is 5.51. The zero-order valence-corrected chi connectivity index (χ0v) is 10.9. The van der Waals surface area contributed by atoms with Crippen LogP contribution in [0, 0.1) is 5.82 Å². The number of rotatable bonds is 6. The summed E-state index contributed by atoms with van der Waals surface area (Å²) in [4.78, 5) is 0. The van der Waals surface area contributed by atoms with E-state index >= 15 is 0 Å². The normalized spacial score (nSPS) is 12.5. The molecule has 0 radical (unpaired) electrons. The number of benzene rings is 1. The first-order valence-electron chi connectivity index (χ1n) is 5.58. The number of hydrogen-bond acceptors (Lipinski definition) is 3. The van der Waals surface area contributed by atoms with E-state index in [4.69, 9.17) is 22.1 Å². The second-order valence-corrected chi connectivity index (χ2v) is 4.35. The number of nitrogens with one attached hydrogen (secondary N) is 1. The minimum absolute atomic E-state index is 0.0642. The molecule has 1 rings (SSSR count). The van der Waals surface area contributed by atoms with Crippen molar-refractivity contribution in [2.24, 2.45) is 0 Å². The van der Waals surface area contributed by atoms with Crippen LogP contribution in [-0.4, -0.2) is 19.8 Å². The minimum atomic E-state index is -0.506. The predicted octanol–water partition coefficient (Wildman–Crippen LogP) is 3.29. The molecule has 0 bridgehead atoms. The van der Waals surface area contributed by atoms with Crippen molar-refractivity contribution in [2.45, 2.75) is 25.8 Å². The van der Waals surface area contributed by atoms with E-state index in [9.17, 15) is 4.39 Å². The Labute approximate surface area is 106 Å². The van der Waals surface area contributed by atoms with Gasteiger partial charge in [-0.15, -0.1) is 0 Å². The van der Waals surface area contributed by atoms with Gasteiger partial charge < -0.3 is 15.8 Å². The summed E-state index contributed by atoms with van der Waals surface area (Å²) >= 11 is 5.72. The summed E-state index contributed by atoms with van der Waals surface area (Å²) in [6.45, 7) is 2.66. The van der Waals surface area contributed by atoms with Crippen LogP contribution < -0.4 is 11.1 Å². The zero-order chi connectivity index (χ0) is 12.8. The van der Waals surface area contributed by atoms with Gasteiger partial charge >= 0.3 is 0 Å². The second kappa shape index (κ2) is 6.67. The van der Waals surface area contributed by atoms with Crippen molar-refractivity contribution >= 4 is 23.0 Å². The van der Waals surface area contributed by atoms with Crippen molar-refractivity contribution in [3.8, 4) is 0 Å². The fourth-order valence-electron chi connectivity index (χ4n) is 1.65. The van der Waals surface area contributed by atoms with Crippen molar-refractivity contribution < 1.29 is 9.13 Å². The molecule has 5 heteroatoms. The highest BCUT2D eigenvalue weighted by Gasteiger charge is 2.11. The average Bonchev–Trinajstić information content (AvgIpc) is 2.26. The van der Waals surface area contributed by atoms with Crippen LogP contribution in [0.25, 0.3) is 0 Å². The van der Waals surface area contributed by atoms with E-state index < -0.39 is 5.82 Å². The standard InChI is InChI=1S/C12H18ClFN2O/c1-3-4-8(7-17-2)16-12-5-9(13)10(14)6-11(12)15/h5-6,8,16H,3-4,7,15H2,1-2H3. The van der Waals surface area contributed by atoms with Crippen molar-refractivity contribution in [1.29, 1.82) is 0 Å². The molecule has 0 aliphatic heterocycles. The Morgan fingerprint density at radius 1 is 1.53 bits per heavy atom. The highest BCUT2D eigenvalue weighted by Crippen LogP contribution is 2.27. The van der Waals surface area contributed by atoms with E-state index in [0.29, 0.717) is 18.0 Å². The first-order chi connectivity index (χ1) is 8.08. The van der Waals surface area contributed by atoms with Crippen LogP contribution in [0.15, 0.2) is 12.1 Å². The fraction of sp³-hybridized carbons (Fsp3) is 0.500. The van der Waals surface area contributed by atoms with Crippen LogP contribution in [0.4, 0.5) is 15.8 Å². The smallest absolute Gasteiger partial charge is 0.143 e. The lowest BCUT2D eigenvalue weighted by Crippen LogP contribution is -2.25. The number of ether oxygens (including phenoxy) is 1. The number of nitrogens with two attached hydrogens (primary N) is 1. The summed E-state index contributed by atoms with van der Waals surface area (Å²) in [5.74, 6) is -0.506. The van der Waals surface area contributed by atoms with Crippen LogP contribution >= 0.6 is 11.6 Å². The van der Waals surface area contributed by atoms with Gasteiger partial charge in [0.1, 0.15) is 5.82 Å². The predicted molar refractivity (Wildman–Crippen MR) is 70.0 cm³/mol. The molecule has 17 heavy (non-hydrogen) atoms. The maximum absolute atomic E-state index is 13.1. The van der Waals surface area contributed by atoms with Gasteiger partial charge in [-0.3, -0.25) is 0 Å². The molecule has 1 aromatic rings. The Bertz CT molecular complexity index is 368. The molecule has 0 amide bonds. The Morgan fingerprint density at radius 2 is 2.24 bits per heavy atom. The van der Waals surface area contributed by atoms with Crippen LogP contribution in [0.2, 0.25) is 5.02 Å². The van der Waals surface area contributed by atoms with E-state index in [2.05, 4.69) is 12.2 Å². The van der Waals surface area contributed by atoms with Gasteiger partial charge in [0, 0.05) is 19.2 Å². The lowest BCUT2D eigenvalue weighted by Gasteiger charge is -2.20. The molecular weight excluding hydrogens is 243 g/mol. The maximum Gasteiger partial charge on any atom is 0.143 e. The summed E-state index contributed by atoms with van der Waals surface area (Å²) in [5.41, 5.74) is 6.73. The highest BCUT2D eigenvalue weighted by atomic mass is 35.5. The van der Waals surface area contributed by atoms with E-state index in [0.717, 1.165) is 12.8 Å². The number of halogens is 2. The maximum atomic E-state index is 13.1. The Morgan fingerprint density at radius 3 is 2.82 bits per heavy atom. The number of methoxy groups -OCH3 is 1. The molecule has 0 aliphatic carbocycles. The van der Waals surface area contributed by atoms with Gasteiger partial charge in [-0.1, -0.05) is 24.9 Å². The third-order valence-electron chi connectivity index (χ3n) is 2.46. The molecule has 0 spiro atoms. The second-order valence-electron chi connectivity index (χ2n) is 3.94. The fourth-order valence-corrected chi connectivity index (χ4v) is 1.82. The number of nitrogen functional groups attached to an aromatic ring is 1. The molecule has 3 N–H and O–H groups in total. The lowest BCUT2D eigenvalue weighted by atomic mass is 10.1. The molecule has 1 atom stereocenters. The summed E-state index contributed by atoms with van der Waals surface area (Å²) in [6.07, 6.45) is 1.97. The summed E-state index contributed by atoms with van der Waals surface area (Å²) in [5, 5.41) is 3.28. The van der Waals surface area contributed by atoms with Gasteiger partial charge in [-0.25, -0.2) is 4.39 Å². The SMILES string of the molecule is CCCC(COC)Nc1cc(Cl)c(F)cc1N. The third-order valence-corrected chi connectivity index (χ3v) is 2.75. The molecule has 0 fully saturated rings.